The first-order valence-corrected chi connectivity index (χ1v) is 3.42. The van der Waals surface area contributed by atoms with Gasteiger partial charge in [0.1, 0.15) is 0 Å². The maximum Gasteiger partial charge on any atom is 0.153 e. The number of nitrogens with two attached hydrogens (primary N) is 1. The predicted octanol–water partition coefficient (Wildman–Crippen LogP) is 0.515. The fourth-order valence-corrected chi connectivity index (χ4v) is 0.928. The van der Waals surface area contributed by atoms with Gasteiger partial charge in [0, 0.05) is 7.05 Å². The van der Waals surface area contributed by atoms with E-state index in [9.17, 15) is 9.90 Å². The smallest absolute Gasteiger partial charge is 0.153 e. The minimum Gasteiger partial charge on any atom is -0.505 e. The maximum absolute atomic E-state index is 10.4. The van der Waals surface area contributed by atoms with E-state index >= 15 is 0 Å². The molecule has 3 N–H and O–H groups in total. The number of hydrazine groups is 1. The molecule has 0 unspecified atom stereocenters. The van der Waals surface area contributed by atoms with Crippen molar-refractivity contribution in [2.24, 2.45) is 5.84 Å². The lowest BCUT2D eigenvalue weighted by molar-refractivity contribution is 0.112. The molecule has 0 aliphatic carbocycles. The quantitative estimate of drug-likeness (QED) is 0.381. The lowest BCUT2D eigenvalue weighted by Crippen LogP contribution is -2.25. The number of rotatable bonds is 2. The molecule has 1 aromatic carbocycles. The van der Waals surface area contributed by atoms with Crippen molar-refractivity contribution >= 4 is 12.0 Å². The highest BCUT2D eigenvalue weighted by molar-refractivity contribution is 5.83. The van der Waals surface area contributed by atoms with E-state index in [0.29, 0.717) is 12.0 Å². The molecule has 0 fully saturated rings. The molecular weight excluding hydrogens is 156 g/mol. The van der Waals surface area contributed by atoms with E-state index in [2.05, 4.69) is 0 Å². The van der Waals surface area contributed by atoms with Gasteiger partial charge in [-0.2, -0.15) is 0 Å². The third-order valence-electron chi connectivity index (χ3n) is 1.55. The average molecular weight is 166 g/mol. The number of para-hydroxylation sites is 1. The zero-order chi connectivity index (χ0) is 9.14. The first kappa shape index (κ1) is 8.55. The molecule has 0 saturated heterocycles. The highest BCUT2D eigenvalue weighted by atomic mass is 16.3. The highest BCUT2D eigenvalue weighted by Gasteiger charge is 2.06. The van der Waals surface area contributed by atoms with Crippen LogP contribution in [0.4, 0.5) is 5.69 Å². The Balaban J connectivity index is 3.22. The van der Waals surface area contributed by atoms with E-state index in [-0.39, 0.29) is 11.3 Å². The van der Waals surface area contributed by atoms with E-state index in [1.54, 1.807) is 19.2 Å². The van der Waals surface area contributed by atoms with E-state index < -0.39 is 0 Å². The van der Waals surface area contributed by atoms with Crippen molar-refractivity contribution in [1.29, 1.82) is 0 Å². The first-order chi connectivity index (χ1) is 5.66. The summed E-state index contributed by atoms with van der Waals surface area (Å²) in [5, 5.41) is 10.7. The summed E-state index contributed by atoms with van der Waals surface area (Å²) >= 11 is 0. The van der Waals surface area contributed by atoms with Gasteiger partial charge in [0.15, 0.2) is 12.0 Å². The van der Waals surface area contributed by atoms with Crippen molar-refractivity contribution in [2.45, 2.75) is 0 Å². The largest absolute Gasteiger partial charge is 0.505 e. The Morgan fingerprint density at radius 1 is 1.58 bits per heavy atom. The van der Waals surface area contributed by atoms with Crippen LogP contribution in [-0.4, -0.2) is 18.4 Å². The Bertz CT molecular complexity index is 297. The minimum absolute atomic E-state index is 0.0856. The van der Waals surface area contributed by atoms with Gasteiger partial charge in [0.2, 0.25) is 0 Å². The summed E-state index contributed by atoms with van der Waals surface area (Å²) < 4.78 is 0. The van der Waals surface area contributed by atoms with E-state index in [1.807, 2.05) is 0 Å². The van der Waals surface area contributed by atoms with E-state index in [0.717, 1.165) is 0 Å². The summed E-state index contributed by atoms with van der Waals surface area (Å²) in [6.45, 7) is 0. The van der Waals surface area contributed by atoms with Crippen LogP contribution in [0.5, 0.6) is 5.75 Å². The number of hydrogen-bond acceptors (Lipinski definition) is 4. The monoisotopic (exact) mass is 166 g/mol. The number of carbonyl (C=O) groups excluding carboxylic acids is 1. The van der Waals surface area contributed by atoms with Gasteiger partial charge < -0.3 is 10.1 Å². The van der Waals surface area contributed by atoms with Crippen LogP contribution in [0.1, 0.15) is 10.4 Å². The minimum atomic E-state index is -0.0856. The Kier molecular flexibility index (Phi) is 2.30. The number of phenolic OH excluding ortho intramolecular Hbond substituents is 1. The van der Waals surface area contributed by atoms with Gasteiger partial charge in [-0.25, -0.2) is 5.84 Å². The van der Waals surface area contributed by atoms with Crippen molar-refractivity contribution < 1.29 is 9.90 Å². The molecule has 0 spiro atoms. The molecule has 0 radical (unpaired) electrons. The van der Waals surface area contributed by atoms with Gasteiger partial charge in [0.25, 0.3) is 0 Å². The van der Waals surface area contributed by atoms with Gasteiger partial charge in [-0.05, 0) is 12.1 Å². The van der Waals surface area contributed by atoms with Crippen LogP contribution < -0.4 is 10.9 Å². The number of benzene rings is 1. The molecule has 64 valence electrons. The summed E-state index contributed by atoms with van der Waals surface area (Å²) in [5.41, 5.74) is 0.671. The van der Waals surface area contributed by atoms with Crippen LogP contribution in [0, 0.1) is 0 Å². The van der Waals surface area contributed by atoms with Crippen molar-refractivity contribution in [1.82, 2.24) is 0 Å². The number of carbonyl (C=O) groups is 1. The number of hydrogen-bond donors (Lipinski definition) is 2. The highest BCUT2D eigenvalue weighted by Crippen LogP contribution is 2.27. The number of aromatic hydroxyl groups is 1. The second-order valence-electron chi connectivity index (χ2n) is 2.44. The molecular formula is C8H10N2O2. The van der Waals surface area contributed by atoms with Gasteiger partial charge in [0.05, 0.1) is 11.3 Å². The van der Waals surface area contributed by atoms with Crippen molar-refractivity contribution in [2.75, 3.05) is 12.1 Å². The number of nitrogens with zero attached hydrogens (tertiary/aromatic N) is 1. The van der Waals surface area contributed by atoms with Crippen molar-refractivity contribution in [3.8, 4) is 5.75 Å². The fraction of sp³-hybridized carbons (Fsp3) is 0.125. The van der Waals surface area contributed by atoms with Crippen LogP contribution in [0.25, 0.3) is 0 Å². The second-order valence-corrected chi connectivity index (χ2v) is 2.44. The molecule has 0 aromatic heterocycles. The molecule has 0 aliphatic heterocycles. The predicted molar refractivity (Wildman–Crippen MR) is 46.1 cm³/mol. The normalized spacial score (nSPS) is 9.50. The zero-order valence-electron chi connectivity index (χ0n) is 6.69. The molecule has 4 heteroatoms. The number of aldehydes is 1. The SMILES string of the molecule is CN(N)c1cccc(C=O)c1O. The van der Waals surface area contributed by atoms with Crippen molar-refractivity contribution in [3.63, 3.8) is 0 Å². The molecule has 0 amide bonds. The van der Waals surface area contributed by atoms with Crippen LogP contribution in [0.15, 0.2) is 18.2 Å². The summed E-state index contributed by atoms with van der Waals surface area (Å²) in [6, 6.07) is 4.81. The van der Waals surface area contributed by atoms with Crippen LogP contribution in [0.3, 0.4) is 0 Å². The van der Waals surface area contributed by atoms with Gasteiger partial charge in [-0.15, -0.1) is 0 Å². The Labute approximate surface area is 70.2 Å². The van der Waals surface area contributed by atoms with Crippen molar-refractivity contribution in [3.05, 3.63) is 23.8 Å². The molecule has 1 aromatic rings. The van der Waals surface area contributed by atoms with E-state index in [4.69, 9.17) is 5.84 Å². The second kappa shape index (κ2) is 3.23. The molecule has 4 nitrogen and oxygen atoms in total. The van der Waals surface area contributed by atoms with Gasteiger partial charge in [-0.3, -0.25) is 4.79 Å². The van der Waals surface area contributed by atoms with Crippen LogP contribution >= 0.6 is 0 Å². The van der Waals surface area contributed by atoms with E-state index in [1.165, 1.54) is 11.1 Å². The molecule has 0 atom stereocenters. The van der Waals surface area contributed by atoms with Crippen LogP contribution in [0.2, 0.25) is 0 Å². The Morgan fingerprint density at radius 2 is 2.25 bits per heavy atom. The lowest BCUT2D eigenvalue weighted by Gasteiger charge is -2.13. The summed E-state index contributed by atoms with van der Waals surface area (Å²) in [4.78, 5) is 10.4. The molecule has 0 aliphatic rings. The zero-order valence-corrected chi connectivity index (χ0v) is 6.69. The third kappa shape index (κ3) is 1.38. The molecule has 12 heavy (non-hydrogen) atoms. The Morgan fingerprint density at radius 3 is 2.75 bits per heavy atom. The first-order valence-electron chi connectivity index (χ1n) is 3.42. The van der Waals surface area contributed by atoms with Gasteiger partial charge in [-0.1, -0.05) is 6.07 Å². The standard InChI is InChI=1S/C8H10N2O2/c1-10(9)7-4-2-3-6(5-11)8(7)12/h2-5,12H,9H2,1H3. The molecule has 0 saturated carbocycles. The van der Waals surface area contributed by atoms with Crippen LogP contribution in [-0.2, 0) is 0 Å². The molecule has 1 rings (SSSR count). The fourth-order valence-electron chi connectivity index (χ4n) is 0.928. The number of anilines is 1. The lowest BCUT2D eigenvalue weighted by atomic mass is 10.2. The van der Waals surface area contributed by atoms with Gasteiger partial charge >= 0.3 is 0 Å². The Hall–Kier alpha value is -1.55. The molecule has 0 heterocycles. The number of phenols is 1. The summed E-state index contributed by atoms with van der Waals surface area (Å²) in [6.07, 6.45) is 0.586. The summed E-state index contributed by atoms with van der Waals surface area (Å²) in [5.74, 6) is 5.31. The summed E-state index contributed by atoms with van der Waals surface area (Å²) in [7, 11) is 1.59. The molecule has 0 bridgehead atoms. The average Bonchev–Trinajstić information content (AvgIpc) is 2.04. The topological polar surface area (TPSA) is 66.6 Å². The third-order valence-corrected chi connectivity index (χ3v) is 1.55. The maximum atomic E-state index is 10.4.